The number of hydrogen-bond donors (Lipinski definition) is 1. The summed E-state index contributed by atoms with van der Waals surface area (Å²) in [6.45, 7) is 1.40. The van der Waals surface area contributed by atoms with Crippen molar-refractivity contribution in [1.29, 1.82) is 0 Å². The van der Waals surface area contributed by atoms with Crippen LogP contribution in [-0.2, 0) is 13.1 Å². The maximum Gasteiger partial charge on any atom is 0.194 e. The predicted molar refractivity (Wildman–Crippen MR) is 105 cm³/mol. The number of thiophene rings is 1. The van der Waals surface area contributed by atoms with Crippen molar-refractivity contribution in [3.05, 3.63) is 53.2 Å². The second-order valence-corrected chi connectivity index (χ2v) is 5.92. The van der Waals surface area contributed by atoms with Gasteiger partial charge in [0.1, 0.15) is 12.0 Å². The van der Waals surface area contributed by atoms with Crippen molar-refractivity contribution in [3.8, 4) is 0 Å². The van der Waals surface area contributed by atoms with E-state index in [1.165, 1.54) is 15.6 Å². The van der Waals surface area contributed by atoms with E-state index in [2.05, 4.69) is 45.1 Å². The van der Waals surface area contributed by atoms with Crippen molar-refractivity contribution in [3.63, 3.8) is 0 Å². The molecule has 3 rings (SSSR count). The number of aromatic nitrogens is 1. The van der Waals surface area contributed by atoms with Gasteiger partial charge in [-0.25, -0.2) is 0 Å². The maximum absolute atomic E-state index is 4.86. The summed E-state index contributed by atoms with van der Waals surface area (Å²) >= 11 is 1.77. The highest BCUT2D eigenvalue weighted by atomic mass is 127. The number of nitrogens with one attached hydrogen (secondary N) is 1. The summed E-state index contributed by atoms with van der Waals surface area (Å²) in [6, 6.07) is 10.3. The van der Waals surface area contributed by atoms with Crippen LogP contribution in [0.1, 0.15) is 11.3 Å². The molecule has 0 atom stereocenters. The standard InChI is InChI=1S/C16H18N4OS.HI/c1-17-16(20(2)10-13-7-8-21-19-13)18-9-12-11-22-15-6-4-3-5-14(12)15;/h3-8,11H,9-10H2,1-2H3,(H,17,18);1H. The number of hydrogen-bond acceptors (Lipinski definition) is 4. The van der Waals surface area contributed by atoms with Crippen molar-refractivity contribution in [2.75, 3.05) is 14.1 Å². The Morgan fingerprint density at radius 2 is 2.17 bits per heavy atom. The average Bonchev–Trinajstić information content (AvgIpc) is 3.18. The quantitative estimate of drug-likeness (QED) is 0.380. The summed E-state index contributed by atoms with van der Waals surface area (Å²) in [5, 5.41) is 10.8. The molecule has 0 unspecified atom stereocenters. The molecule has 2 aromatic heterocycles. The van der Waals surface area contributed by atoms with Gasteiger partial charge in [-0.2, -0.15) is 0 Å². The van der Waals surface area contributed by atoms with Gasteiger partial charge in [-0.15, -0.1) is 35.3 Å². The minimum absolute atomic E-state index is 0. The van der Waals surface area contributed by atoms with Gasteiger partial charge in [0, 0.05) is 31.4 Å². The Bertz CT molecular complexity index is 769. The van der Waals surface area contributed by atoms with Gasteiger partial charge in [-0.1, -0.05) is 23.4 Å². The normalized spacial score (nSPS) is 11.3. The number of rotatable bonds is 4. The molecule has 1 aromatic carbocycles. The number of halogens is 1. The van der Waals surface area contributed by atoms with Crippen molar-refractivity contribution in [2.45, 2.75) is 13.1 Å². The molecule has 2 heterocycles. The molecule has 23 heavy (non-hydrogen) atoms. The summed E-state index contributed by atoms with van der Waals surface area (Å²) in [5.74, 6) is 0.832. The molecule has 0 amide bonds. The van der Waals surface area contributed by atoms with Crippen molar-refractivity contribution in [1.82, 2.24) is 15.4 Å². The smallest absolute Gasteiger partial charge is 0.194 e. The first-order valence-corrected chi connectivity index (χ1v) is 7.92. The fraction of sp³-hybridized carbons (Fsp3) is 0.250. The predicted octanol–water partition coefficient (Wildman–Crippen LogP) is 3.71. The van der Waals surface area contributed by atoms with Crippen LogP contribution in [0.5, 0.6) is 0 Å². The summed E-state index contributed by atoms with van der Waals surface area (Å²) in [4.78, 5) is 6.34. The Morgan fingerprint density at radius 1 is 1.35 bits per heavy atom. The lowest BCUT2D eigenvalue weighted by Gasteiger charge is -2.20. The van der Waals surface area contributed by atoms with Crippen molar-refractivity contribution >= 4 is 51.4 Å². The fourth-order valence-electron chi connectivity index (χ4n) is 2.37. The van der Waals surface area contributed by atoms with Crippen LogP contribution in [0.25, 0.3) is 10.1 Å². The molecule has 3 aromatic rings. The largest absolute Gasteiger partial charge is 0.364 e. The van der Waals surface area contributed by atoms with Crippen LogP contribution in [0.3, 0.4) is 0 Å². The zero-order chi connectivity index (χ0) is 15.4. The molecule has 0 radical (unpaired) electrons. The van der Waals surface area contributed by atoms with E-state index in [0.29, 0.717) is 6.54 Å². The van der Waals surface area contributed by atoms with Crippen LogP contribution in [0.4, 0.5) is 0 Å². The summed E-state index contributed by atoms with van der Waals surface area (Å²) in [5.41, 5.74) is 2.17. The van der Waals surface area contributed by atoms with Gasteiger partial charge in [0.15, 0.2) is 5.96 Å². The number of nitrogens with zero attached hydrogens (tertiary/aromatic N) is 3. The Kier molecular flexibility index (Phi) is 6.40. The molecule has 0 spiro atoms. The molecule has 0 saturated heterocycles. The van der Waals surface area contributed by atoms with Gasteiger partial charge in [-0.05, 0) is 22.4 Å². The van der Waals surface area contributed by atoms with Crippen LogP contribution in [0.15, 0.2) is 51.5 Å². The molecule has 0 bridgehead atoms. The molecule has 122 valence electrons. The molecule has 0 fully saturated rings. The second-order valence-electron chi connectivity index (χ2n) is 5.00. The lowest BCUT2D eigenvalue weighted by Crippen LogP contribution is -2.38. The highest BCUT2D eigenvalue weighted by Crippen LogP contribution is 2.25. The highest BCUT2D eigenvalue weighted by Gasteiger charge is 2.09. The molecule has 0 aliphatic rings. The molecular weight excluding hydrogens is 423 g/mol. The van der Waals surface area contributed by atoms with Crippen LogP contribution < -0.4 is 5.32 Å². The fourth-order valence-corrected chi connectivity index (χ4v) is 3.33. The number of fused-ring (bicyclic) bond motifs is 1. The first-order valence-electron chi connectivity index (χ1n) is 7.04. The number of benzene rings is 1. The summed E-state index contributed by atoms with van der Waals surface area (Å²) in [7, 11) is 3.77. The van der Waals surface area contributed by atoms with Gasteiger partial charge in [0.25, 0.3) is 0 Å². The highest BCUT2D eigenvalue weighted by molar-refractivity contribution is 14.0. The third-order valence-corrected chi connectivity index (χ3v) is 4.47. The average molecular weight is 442 g/mol. The SMILES string of the molecule is CN=C(NCc1csc2ccccc12)N(C)Cc1ccon1.I. The molecule has 1 N–H and O–H groups in total. The minimum atomic E-state index is 0. The van der Waals surface area contributed by atoms with Crippen LogP contribution in [-0.4, -0.2) is 30.1 Å². The number of guanidine groups is 1. The summed E-state index contributed by atoms with van der Waals surface area (Å²) < 4.78 is 6.17. The molecular formula is C16H19IN4OS. The van der Waals surface area contributed by atoms with Gasteiger partial charge in [0.05, 0.1) is 6.54 Å². The molecule has 0 saturated carbocycles. The first-order chi connectivity index (χ1) is 10.8. The van der Waals surface area contributed by atoms with Crippen LogP contribution >= 0.6 is 35.3 Å². The third-order valence-electron chi connectivity index (χ3n) is 3.46. The summed E-state index contributed by atoms with van der Waals surface area (Å²) in [6.07, 6.45) is 1.58. The topological polar surface area (TPSA) is 53.7 Å². The molecule has 0 aliphatic heterocycles. The molecule has 5 nitrogen and oxygen atoms in total. The van der Waals surface area contributed by atoms with Gasteiger partial charge in [-0.3, -0.25) is 4.99 Å². The van der Waals surface area contributed by atoms with E-state index in [9.17, 15) is 0 Å². The Hall–Kier alpha value is -1.61. The van der Waals surface area contributed by atoms with Gasteiger partial charge in [0.2, 0.25) is 0 Å². The second kappa shape index (κ2) is 8.30. The monoisotopic (exact) mass is 442 g/mol. The number of aliphatic imine (C=N–C) groups is 1. The Labute approximate surface area is 156 Å². The maximum atomic E-state index is 4.86. The zero-order valence-electron chi connectivity index (χ0n) is 13.0. The van der Waals surface area contributed by atoms with Crippen molar-refractivity contribution < 1.29 is 4.52 Å². The van der Waals surface area contributed by atoms with Gasteiger partial charge < -0.3 is 14.7 Å². The van der Waals surface area contributed by atoms with Crippen LogP contribution in [0, 0.1) is 0 Å². The zero-order valence-corrected chi connectivity index (χ0v) is 16.2. The van der Waals surface area contributed by atoms with E-state index in [0.717, 1.165) is 18.2 Å². The van der Waals surface area contributed by atoms with E-state index in [-0.39, 0.29) is 24.0 Å². The van der Waals surface area contributed by atoms with E-state index >= 15 is 0 Å². The van der Waals surface area contributed by atoms with E-state index in [1.54, 1.807) is 24.6 Å². The Morgan fingerprint density at radius 3 is 2.91 bits per heavy atom. The Balaban J connectivity index is 0.00000192. The lowest BCUT2D eigenvalue weighted by atomic mass is 10.2. The first kappa shape index (κ1) is 17.7. The lowest BCUT2D eigenvalue weighted by molar-refractivity contribution is 0.391. The molecule has 0 aliphatic carbocycles. The van der Waals surface area contributed by atoms with Crippen molar-refractivity contribution in [2.24, 2.45) is 4.99 Å². The molecule has 7 heteroatoms. The van der Waals surface area contributed by atoms with E-state index in [4.69, 9.17) is 4.52 Å². The van der Waals surface area contributed by atoms with E-state index in [1.807, 2.05) is 18.0 Å². The van der Waals surface area contributed by atoms with Gasteiger partial charge >= 0.3 is 0 Å². The minimum Gasteiger partial charge on any atom is -0.364 e. The van der Waals surface area contributed by atoms with E-state index < -0.39 is 0 Å². The third kappa shape index (κ3) is 4.23. The van der Waals surface area contributed by atoms with Crippen LogP contribution in [0.2, 0.25) is 0 Å².